The summed E-state index contributed by atoms with van der Waals surface area (Å²) in [5.74, 6) is 3.11. The van der Waals surface area contributed by atoms with Crippen LogP contribution in [0.1, 0.15) is 29.0 Å². The van der Waals surface area contributed by atoms with Gasteiger partial charge in [0.15, 0.2) is 0 Å². The van der Waals surface area contributed by atoms with Crippen molar-refractivity contribution in [2.24, 2.45) is 5.92 Å². The van der Waals surface area contributed by atoms with Crippen LogP contribution in [0.15, 0.2) is 24.5 Å². The van der Waals surface area contributed by atoms with Gasteiger partial charge >= 0.3 is 0 Å². The van der Waals surface area contributed by atoms with Crippen LogP contribution in [-0.2, 0) is 0 Å². The van der Waals surface area contributed by atoms with E-state index in [2.05, 4.69) is 21.1 Å². The lowest BCUT2D eigenvalue weighted by Gasteiger charge is -2.44. The van der Waals surface area contributed by atoms with E-state index in [1.807, 2.05) is 16.5 Å². The Bertz CT molecular complexity index is 765. The molecule has 0 unspecified atom stereocenters. The Kier molecular flexibility index (Phi) is 3.12. The number of amides is 1. The second-order valence-corrected chi connectivity index (χ2v) is 6.15. The maximum atomic E-state index is 12.5. The Hall–Kier alpha value is -2.32. The zero-order valence-electron chi connectivity index (χ0n) is 12.3. The Morgan fingerprint density at radius 1 is 1.36 bits per heavy atom. The number of nitrogens with zero attached hydrogens (tertiary/aromatic N) is 3. The van der Waals surface area contributed by atoms with E-state index in [1.54, 1.807) is 12.4 Å². The lowest BCUT2D eigenvalue weighted by Crippen LogP contribution is -2.57. The molecule has 0 saturated carbocycles. The average Bonchev–Trinajstić information content (AvgIpc) is 2.98. The molecule has 0 aromatic carbocycles. The number of aromatic nitrogens is 2. The molecular formula is C17H18N4O. The molecule has 3 aliphatic rings. The zero-order chi connectivity index (χ0) is 15.1. The molecule has 1 N–H and O–H groups in total. The standard InChI is InChI=1S/C17H18N4O/c1-2-13-3-4-14-9-18-16(11-21(13)14)17(22)19-15-10-20-7-5-12(15)6-8-20/h1,3-4,9,11-12,15H,5-8,10H2,(H,19,22)/t15-/m0/s1. The lowest BCUT2D eigenvalue weighted by atomic mass is 9.84. The summed E-state index contributed by atoms with van der Waals surface area (Å²) in [6, 6.07) is 3.99. The number of rotatable bonds is 2. The third kappa shape index (κ3) is 2.16. The van der Waals surface area contributed by atoms with E-state index in [9.17, 15) is 4.79 Å². The van der Waals surface area contributed by atoms with Crippen molar-refractivity contribution in [1.29, 1.82) is 0 Å². The van der Waals surface area contributed by atoms with Crippen LogP contribution in [0.3, 0.4) is 0 Å². The van der Waals surface area contributed by atoms with Crippen LogP contribution < -0.4 is 5.32 Å². The molecule has 2 aromatic heterocycles. The summed E-state index contributed by atoms with van der Waals surface area (Å²) in [7, 11) is 0. The van der Waals surface area contributed by atoms with Gasteiger partial charge in [-0.15, -0.1) is 6.42 Å². The first-order chi connectivity index (χ1) is 10.7. The van der Waals surface area contributed by atoms with Gasteiger partial charge in [0.25, 0.3) is 5.91 Å². The SMILES string of the molecule is C#Cc1ccc2cnc(C(=O)N[C@H]3CN4CCC3CC4)cn12. The third-order valence-electron chi connectivity index (χ3n) is 4.89. The number of fused-ring (bicyclic) bond motifs is 4. The van der Waals surface area contributed by atoms with Gasteiger partial charge < -0.3 is 14.6 Å². The molecular weight excluding hydrogens is 276 g/mol. The molecule has 0 aliphatic carbocycles. The summed E-state index contributed by atoms with van der Waals surface area (Å²) in [4.78, 5) is 19.2. The van der Waals surface area contributed by atoms with Crippen LogP contribution in [0.2, 0.25) is 0 Å². The molecule has 5 rings (SSSR count). The van der Waals surface area contributed by atoms with Crippen molar-refractivity contribution in [3.05, 3.63) is 35.9 Å². The minimum Gasteiger partial charge on any atom is -0.346 e. The van der Waals surface area contributed by atoms with Gasteiger partial charge in [0.05, 0.1) is 17.4 Å². The van der Waals surface area contributed by atoms with E-state index in [-0.39, 0.29) is 11.9 Å². The van der Waals surface area contributed by atoms with Gasteiger partial charge in [0.1, 0.15) is 5.69 Å². The number of carbonyl (C=O) groups is 1. The molecule has 112 valence electrons. The Morgan fingerprint density at radius 3 is 2.86 bits per heavy atom. The molecule has 1 amide bonds. The first-order valence-corrected chi connectivity index (χ1v) is 7.71. The van der Waals surface area contributed by atoms with Crippen molar-refractivity contribution in [3.63, 3.8) is 0 Å². The van der Waals surface area contributed by atoms with Gasteiger partial charge in [-0.2, -0.15) is 0 Å². The average molecular weight is 294 g/mol. The summed E-state index contributed by atoms with van der Waals surface area (Å²) in [5.41, 5.74) is 2.04. The van der Waals surface area contributed by atoms with E-state index in [0.717, 1.165) is 30.8 Å². The molecule has 3 saturated heterocycles. The quantitative estimate of drug-likeness (QED) is 0.845. The van der Waals surface area contributed by atoms with E-state index in [1.165, 1.54) is 12.8 Å². The Balaban J connectivity index is 1.56. The number of hydrogen-bond donors (Lipinski definition) is 1. The van der Waals surface area contributed by atoms with Gasteiger partial charge in [-0.25, -0.2) is 4.98 Å². The van der Waals surface area contributed by atoms with Crippen molar-refractivity contribution in [2.45, 2.75) is 18.9 Å². The molecule has 5 nitrogen and oxygen atoms in total. The van der Waals surface area contributed by atoms with E-state index in [4.69, 9.17) is 6.42 Å². The molecule has 3 aliphatic heterocycles. The van der Waals surface area contributed by atoms with Crippen molar-refractivity contribution in [3.8, 4) is 12.3 Å². The molecule has 2 bridgehead atoms. The maximum absolute atomic E-state index is 12.5. The smallest absolute Gasteiger partial charge is 0.271 e. The molecule has 2 aromatic rings. The number of carbonyl (C=O) groups excluding carboxylic acids is 1. The second kappa shape index (κ2) is 5.15. The largest absolute Gasteiger partial charge is 0.346 e. The molecule has 0 radical (unpaired) electrons. The van der Waals surface area contributed by atoms with Gasteiger partial charge in [-0.05, 0) is 44.0 Å². The van der Waals surface area contributed by atoms with E-state index >= 15 is 0 Å². The highest BCUT2D eigenvalue weighted by atomic mass is 16.2. The highest BCUT2D eigenvalue weighted by Crippen LogP contribution is 2.27. The first kappa shape index (κ1) is 13.4. The zero-order valence-corrected chi connectivity index (χ0v) is 12.3. The second-order valence-electron chi connectivity index (χ2n) is 6.15. The van der Waals surface area contributed by atoms with Gasteiger partial charge in [0.2, 0.25) is 0 Å². The number of hydrogen-bond acceptors (Lipinski definition) is 3. The van der Waals surface area contributed by atoms with Crippen LogP contribution >= 0.6 is 0 Å². The predicted octanol–water partition coefficient (Wildman–Crippen LogP) is 1.14. The van der Waals surface area contributed by atoms with Gasteiger partial charge in [0, 0.05) is 18.8 Å². The summed E-state index contributed by atoms with van der Waals surface area (Å²) >= 11 is 0. The van der Waals surface area contributed by atoms with Crippen LogP contribution in [0.5, 0.6) is 0 Å². The van der Waals surface area contributed by atoms with Crippen molar-refractivity contribution in [1.82, 2.24) is 19.6 Å². The normalized spacial score (nSPS) is 26.8. The van der Waals surface area contributed by atoms with E-state index < -0.39 is 0 Å². The topological polar surface area (TPSA) is 49.6 Å². The molecule has 3 fully saturated rings. The number of nitrogens with one attached hydrogen (secondary N) is 1. The third-order valence-corrected chi connectivity index (χ3v) is 4.89. The van der Waals surface area contributed by atoms with Crippen LogP contribution in [0, 0.1) is 18.3 Å². The molecule has 5 heterocycles. The monoisotopic (exact) mass is 294 g/mol. The lowest BCUT2D eigenvalue weighted by molar-refractivity contribution is 0.0617. The predicted molar refractivity (Wildman–Crippen MR) is 83.5 cm³/mol. The fraction of sp³-hybridized carbons (Fsp3) is 0.412. The van der Waals surface area contributed by atoms with Crippen LogP contribution in [-0.4, -0.2) is 45.9 Å². The van der Waals surface area contributed by atoms with Gasteiger partial charge in [-0.3, -0.25) is 4.79 Å². The van der Waals surface area contributed by atoms with Crippen LogP contribution in [0.25, 0.3) is 5.52 Å². The molecule has 5 heteroatoms. The fourth-order valence-corrected chi connectivity index (χ4v) is 3.61. The summed E-state index contributed by atoms with van der Waals surface area (Å²) in [5, 5.41) is 3.15. The van der Waals surface area contributed by atoms with Crippen molar-refractivity contribution < 1.29 is 4.79 Å². The number of piperidine rings is 3. The van der Waals surface area contributed by atoms with Crippen LogP contribution in [0.4, 0.5) is 0 Å². The van der Waals surface area contributed by atoms with Gasteiger partial charge in [-0.1, -0.05) is 5.92 Å². The Morgan fingerprint density at radius 2 is 2.18 bits per heavy atom. The minimum absolute atomic E-state index is 0.114. The molecule has 22 heavy (non-hydrogen) atoms. The summed E-state index contributed by atoms with van der Waals surface area (Å²) in [6.07, 6.45) is 11.2. The molecule has 0 spiro atoms. The van der Waals surface area contributed by atoms with Crippen molar-refractivity contribution in [2.75, 3.05) is 19.6 Å². The summed E-state index contributed by atoms with van der Waals surface area (Å²) in [6.45, 7) is 3.28. The highest BCUT2D eigenvalue weighted by molar-refractivity contribution is 5.92. The van der Waals surface area contributed by atoms with E-state index in [0.29, 0.717) is 11.6 Å². The maximum Gasteiger partial charge on any atom is 0.271 e. The van der Waals surface area contributed by atoms with Crippen molar-refractivity contribution >= 4 is 11.4 Å². The first-order valence-electron chi connectivity index (χ1n) is 7.71. The minimum atomic E-state index is -0.114. The molecule has 1 atom stereocenters. The summed E-state index contributed by atoms with van der Waals surface area (Å²) < 4.78 is 1.83. The number of terminal acetylenes is 1. The Labute approximate surface area is 129 Å². The highest BCUT2D eigenvalue weighted by Gasteiger charge is 2.35. The fourth-order valence-electron chi connectivity index (χ4n) is 3.61.